The summed E-state index contributed by atoms with van der Waals surface area (Å²) in [6.45, 7) is 10.9. The number of rotatable bonds is 8. The van der Waals surface area contributed by atoms with Crippen LogP contribution in [0.1, 0.15) is 36.2 Å². The van der Waals surface area contributed by atoms with E-state index in [-0.39, 0.29) is 17.1 Å². The van der Waals surface area contributed by atoms with Crippen LogP contribution in [0.3, 0.4) is 0 Å². The van der Waals surface area contributed by atoms with Crippen molar-refractivity contribution in [3.63, 3.8) is 0 Å². The summed E-state index contributed by atoms with van der Waals surface area (Å²) in [5.41, 5.74) is 7.63. The first kappa shape index (κ1) is 33.7. The first-order valence-electron chi connectivity index (χ1n) is 14.3. The molecule has 0 unspecified atom stereocenters. The van der Waals surface area contributed by atoms with Crippen molar-refractivity contribution in [2.45, 2.75) is 41.2 Å². The zero-order chi connectivity index (χ0) is 29.7. The number of allylic oxidation sites excluding steroid dienone is 2. The summed E-state index contributed by atoms with van der Waals surface area (Å²) in [6.07, 6.45) is 3.81. The average Bonchev–Trinajstić information content (AvgIpc) is 3.01. The van der Waals surface area contributed by atoms with Gasteiger partial charge in [-0.2, -0.15) is 5.70 Å². The van der Waals surface area contributed by atoms with Gasteiger partial charge in [0.2, 0.25) is 0 Å². The Bertz CT molecular complexity index is 1490. The Hall–Kier alpha value is -3.81. The number of hydrogen-bond donors (Lipinski definition) is 0. The zero-order valence-electron chi connectivity index (χ0n) is 25.6. The number of nitrogens with zero attached hydrogens (tertiary/aromatic N) is 3. The van der Waals surface area contributed by atoms with Crippen LogP contribution < -0.4 is 15.9 Å². The number of aliphatic imine (C=N–C) groups is 1. The van der Waals surface area contributed by atoms with Gasteiger partial charge in [-0.3, -0.25) is 9.98 Å². The molecule has 0 radical (unpaired) electrons. The van der Waals surface area contributed by atoms with E-state index in [4.69, 9.17) is 5.32 Å². The summed E-state index contributed by atoms with van der Waals surface area (Å²) in [5, 5.41) is 9.06. The third-order valence-corrected chi connectivity index (χ3v) is 9.48. The summed E-state index contributed by atoms with van der Waals surface area (Å²) < 4.78 is 0. The van der Waals surface area contributed by atoms with Gasteiger partial charge in [0.1, 0.15) is 15.9 Å². The fourth-order valence-electron chi connectivity index (χ4n) is 4.92. The molecule has 1 aromatic heterocycles. The largest absolute Gasteiger partial charge is 1.00 e. The fourth-order valence-corrected chi connectivity index (χ4v) is 7.49. The molecule has 5 rings (SSSR count). The standard InChI is InChI=1S/C20H24N3.C18H15P.Cu/c1-14-10-15(2)20(16(3)11-14)23-18(5)12-17(4)22-13-19-8-6-7-9-21-19;1-4-10-16(11-5-1)19(17-12-6-2-7-13-17)18-14-8-3-9-15-18;/h6-12H,13H2,1-5H3;1-15H;/q-1;;+1/p+1/b18-12-,22-17?;;. The third kappa shape index (κ3) is 10.4. The molecule has 0 N–H and O–H groups in total. The van der Waals surface area contributed by atoms with E-state index in [9.17, 15) is 0 Å². The Labute approximate surface area is 269 Å². The molecule has 0 aliphatic heterocycles. The Kier molecular flexibility index (Phi) is 13.6. The molecule has 0 bridgehead atoms. The SMILES string of the molecule is CC(/C=C(/C)[N-]c1c(C)cc(C)cc1C)=NCc1ccccn1.[Cu+].c1ccc([PH+](c2ccccc2)c2ccccc2)cc1. The monoisotopic (exact) mass is 632 g/mol. The second-order valence-electron chi connectivity index (χ2n) is 10.4. The summed E-state index contributed by atoms with van der Waals surface area (Å²) >= 11 is 0. The fraction of sp³-hybridized carbons (Fsp3) is 0.158. The van der Waals surface area contributed by atoms with E-state index in [1.54, 1.807) is 6.20 Å². The first-order chi connectivity index (χ1) is 20.4. The van der Waals surface area contributed by atoms with Crippen molar-refractivity contribution in [3.05, 3.63) is 167 Å². The Morgan fingerprint density at radius 1 is 0.698 bits per heavy atom. The van der Waals surface area contributed by atoms with Crippen molar-refractivity contribution >= 4 is 35.2 Å². The van der Waals surface area contributed by atoms with Crippen molar-refractivity contribution in [2.24, 2.45) is 4.99 Å². The molecule has 0 aliphatic rings. The number of aryl methyl sites for hydroxylation is 3. The predicted octanol–water partition coefficient (Wildman–Crippen LogP) is 8.75. The molecule has 1 heterocycles. The van der Waals surface area contributed by atoms with Gasteiger partial charge in [-0.25, -0.2) is 0 Å². The maximum absolute atomic E-state index is 4.76. The zero-order valence-corrected chi connectivity index (χ0v) is 27.5. The van der Waals surface area contributed by atoms with Gasteiger partial charge in [0.25, 0.3) is 0 Å². The van der Waals surface area contributed by atoms with E-state index in [0.717, 1.165) is 22.8 Å². The molecule has 0 saturated heterocycles. The van der Waals surface area contributed by atoms with Crippen LogP contribution in [0.4, 0.5) is 5.69 Å². The van der Waals surface area contributed by atoms with Crippen LogP contribution in [0, 0.1) is 20.8 Å². The molecule has 0 aliphatic carbocycles. The van der Waals surface area contributed by atoms with Crippen molar-refractivity contribution < 1.29 is 17.1 Å². The Morgan fingerprint density at radius 3 is 1.60 bits per heavy atom. The van der Waals surface area contributed by atoms with E-state index < -0.39 is 7.92 Å². The van der Waals surface area contributed by atoms with E-state index in [1.807, 2.05) is 38.1 Å². The topological polar surface area (TPSA) is 39.4 Å². The first-order valence-corrected chi connectivity index (χ1v) is 15.8. The maximum atomic E-state index is 4.76. The molecule has 222 valence electrons. The van der Waals surface area contributed by atoms with Crippen molar-refractivity contribution in [1.82, 2.24) is 4.98 Å². The van der Waals surface area contributed by atoms with E-state index in [2.05, 4.69) is 134 Å². The van der Waals surface area contributed by atoms with Crippen molar-refractivity contribution in [3.8, 4) is 0 Å². The molecule has 0 spiro atoms. The van der Waals surface area contributed by atoms with Crippen molar-refractivity contribution in [1.29, 1.82) is 0 Å². The molecule has 43 heavy (non-hydrogen) atoms. The van der Waals surface area contributed by atoms with Crippen LogP contribution in [0.25, 0.3) is 5.32 Å². The summed E-state index contributed by atoms with van der Waals surface area (Å²) in [5.74, 6) is 0. The van der Waals surface area contributed by atoms with Gasteiger partial charge in [0.05, 0.1) is 20.2 Å². The van der Waals surface area contributed by atoms with Crippen LogP contribution in [0.5, 0.6) is 0 Å². The van der Waals surface area contributed by atoms with Gasteiger partial charge in [-0.05, 0) is 76.2 Å². The smallest absolute Gasteiger partial charge is 0.661 e. The summed E-state index contributed by atoms with van der Waals surface area (Å²) in [7, 11) is -0.877. The summed E-state index contributed by atoms with van der Waals surface area (Å²) in [6, 6.07) is 42.7. The van der Waals surface area contributed by atoms with Crippen LogP contribution in [0.15, 0.2) is 144 Å². The molecule has 0 fully saturated rings. The minimum atomic E-state index is -0.877. The third-order valence-electron chi connectivity index (χ3n) is 6.75. The van der Waals surface area contributed by atoms with E-state index >= 15 is 0 Å². The van der Waals surface area contributed by atoms with Crippen molar-refractivity contribution in [2.75, 3.05) is 0 Å². The normalized spacial score (nSPS) is 11.3. The number of aromatic nitrogens is 1. The maximum Gasteiger partial charge on any atom is 1.00 e. The Morgan fingerprint density at radius 2 is 1.16 bits per heavy atom. The van der Waals surface area contributed by atoms with Gasteiger partial charge in [-0.15, -0.1) is 5.69 Å². The molecular formula is C38H40CuN3P+. The van der Waals surface area contributed by atoms with Crippen LogP contribution in [-0.4, -0.2) is 10.7 Å². The molecular weight excluding hydrogens is 593 g/mol. The average molecular weight is 633 g/mol. The van der Waals surface area contributed by atoms with Gasteiger partial charge < -0.3 is 5.32 Å². The molecule has 5 aromatic rings. The van der Waals surface area contributed by atoms with Crippen LogP contribution in [-0.2, 0) is 23.6 Å². The minimum Gasteiger partial charge on any atom is -0.661 e. The van der Waals surface area contributed by atoms with E-state index in [1.165, 1.54) is 32.6 Å². The van der Waals surface area contributed by atoms with Crippen LogP contribution in [0.2, 0.25) is 0 Å². The second kappa shape index (κ2) is 17.3. The molecule has 4 aromatic carbocycles. The number of pyridine rings is 1. The van der Waals surface area contributed by atoms with Gasteiger partial charge in [-0.1, -0.05) is 102 Å². The number of benzene rings is 4. The minimum absolute atomic E-state index is 0. The van der Waals surface area contributed by atoms with E-state index in [0.29, 0.717) is 6.54 Å². The summed E-state index contributed by atoms with van der Waals surface area (Å²) in [4.78, 5) is 8.83. The predicted molar refractivity (Wildman–Crippen MR) is 185 cm³/mol. The molecule has 0 saturated carbocycles. The molecule has 0 atom stereocenters. The second-order valence-corrected chi connectivity index (χ2v) is 12.9. The van der Waals surface area contributed by atoms with Gasteiger partial charge in [0, 0.05) is 11.9 Å². The molecule has 3 nitrogen and oxygen atoms in total. The molecule has 0 amide bonds. The number of hydrogen-bond acceptors (Lipinski definition) is 2. The van der Waals surface area contributed by atoms with Gasteiger partial charge in [0.15, 0.2) is 0 Å². The Balaban J connectivity index is 0.000000233. The van der Waals surface area contributed by atoms with Gasteiger partial charge >= 0.3 is 17.1 Å². The molecule has 5 heteroatoms. The quantitative estimate of drug-likeness (QED) is 0.0958. The van der Waals surface area contributed by atoms with Crippen LogP contribution >= 0.6 is 7.92 Å².